The molecule has 160 valence electrons. The van der Waals surface area contributed by atoms with Crippen molar-refractivity contribution < 1.29 is 9.59 Å². The van der Waals surface area contributed by atoms with Crippen LogP contribution in [-0.4, -0.2) is 21.6 Å². The summed E-state index contributed by atoms with van der Waals surface area (Å²) in [6, 6.07) is 14.1. The molecule has 0 spiro atoms. The maximum Gasteiger partial charge on any atom is 0.276 e. The highest BCUT2D eigenvalue weighted by Crippen LogP contribution is 2.15. The van der Waals surface area contributed by atoms with Crippen LogP contribution in [0.15, 0.2) is 53.3 Å². The molecule has 0 aliphatic carbocycles. The third kappa shape index (κ3) is 5.88. The number of carbonyl (C=O) groups is 2. The molecule has 0 unspecified atom stereocenters. The third-order valence-corrected chi connectivity index (χ3v) is 4.92. The van der Waals surface area contributed by atoms with Gasteiger partial charge in [-0.25, -0.2) is 4.68 Å². The number of amides is 2. The van der Waals surface area contributed by atoms with Crippen LogP contribution in [0.5, 0.6) is 0 Å². The minimum Gasteiger partial charge on any atom is -0.326 e. The molecule has 7 nitrogen and oxygen atoms in total. The Hall–Kier alpha value is -3.74. The highest BCUT2D eigenvalue weighted by Gasteiger charge is 2.12. The Bertz CT molecular complexity index is 1180. The van der Waals surface area contributed by atoms with Crippen LogP contribution in [0.4, 0.5) is 11.4 Å². The number of benzene rings is 2. The molecule has 2 amide bonds. The summed E-state index contributed by atoms with van der Waals surface area (Å²) in [6.07, 6.45) is 0.0577. The average molecular weight is 418 g/mol. The molecule has 7 heteroatoms. The predicted octanol–water partition coefficient (Wildman–Crippen LogP) is 3.76. The first kappa shape index (κ1) is 22.0. The molecule has 3 aromatic rings. The van der Waals surface area contributed by atoms with E-state index in [0.29, 0.717) is 11.4 Å². The van der Waals surface area contributed by atoms with Gasteiger partial charge in [-0.1, -0.05) is 12.1 Å². The van der Waals surface area contributed by atoms with Gasteiger partial charge >= 0.3 is 0 Å². The normalized spacial score (nSPS) is 10.6. The number of carbonyl (C=O) groups excluding carboxylic acids is 2. The molecule has 3 rings (SSSR count). The Morgan fingerprint density at radius 3 is 2.23 bits per heavy atom. The van der Waals surface area contributed by atoms with Gasteiger partial charge in [-0.3, -0.25) is 14.4 Å². The lowest BCUT2D eigenvalue weighted by atomic mass is 10.1. The number of nitrogens with one attached hydrogen (secondary N) is 2. The SMILES string of the molecule is Cc1cc(C)cc(NC(=O)CCn2nc(C(=O)Nc3ccc(C)c(C)c3)ccc2=O)c1. The van der Waals surface area contributed by atoms with Crippen LogP contribution >= 0.6 is 0 Å². The van der Waals surface area contributed by atoms with Gasteiger partial charge < -0.3 is 10.6 Å². The van der Waals surface area contributed by atoms with Gasteiger partial charge in [0.15, 0.2) is 0 Å². The van der Waals surface area contributed by atoms with E-state index in [1.807, 2.05) is 64.1 Å². The molecule has 0 bridgehead atoms. The van der Waals surface area contributed by atoms with Crippen molar-refractivity contribution in [3.8, 4) is 0 Å². The zero-order valence-corrected chi connectivity index (χ0v) is 18.2. The Morgan fingerprint density at radius 2 is 1.55 bits per heavy atom. The summed E-state index contributed by atoms with van der Waals surface area (Å²) in [7, 11) is 0. The summed E-state index contributed by atoms with van der Waals surface area (Å²) in [6.45, 7) is 7.95. The van der Waals surface area contributed by atoms with Crippen LogP contribution in [0.1, 0.15) is 39.2 Å². The van der Waals surface area contributed by atoms with Gasteiger partial charge in [0.25, 0.3) is 11.5 Å². The largest absolute Gasteiger partial charge is 0.326 e. The van der Waals surface area contributed by atoms with E-state index >= 15 is 0 Å². The second kappa shape index (κ2) is 9.38. The molecule has 0 saturated heterocycles. The minimum atomic E-state index is -0.420. The first-order chi connectivity index (χ1) is 14.7. The number of aryl methyl sites for hydroxylation is 5. The number of aromatic nitrogens is 2. The lowest BCUT2D eigenvalue weighted by Crippen LogP contribution is -2.28. The fourth-order valence-electron chi connectivity index (χ4n) is 3.22. The molecule has 0 atom stereocenters. The molecule has 2 N–H and O–H groups in total. The Kier molecular flexibility index (Phi) is 6.65. The minimum absolute atomic E-state index is 0.0577. The Labute approximate surface area is 181 Å². The molecule has 0 fully saturated rings. The summed E-state index contributed by atoms with van der Waals surface area (Å²) in [5, 5.41) is 9.74. The van der Waals surface area contributed by atoms with Crippen molar-refractivity contribution in [2.45, 2.75) is 40.7 Å². The van der Waals surface area contributed by atoms with Gasteiger partial charge in [-0.2, -0.15) is 5.10 Å². The first-order valence-electron chi connectivity index (χ1n) is 10.1. The van der Waals surface area contributed by atoms with Gasteiger partial charge in [0.05, 0.1) is 6.54 Å². The van der Waals surface area contributed by atoms with E-state index in [1.165, 1.54) is 12.1 Å². The van der Waals surface area contributed by atoms with Crippen LogP contribution in [0.2, 0.25) is 0 Å². The zero-order valence-electron chi connectivity index (χ0n) is 18.2. The first-order valence-corrected chi connectivity index (χ1v) is 10.1. The Balaban J connectivity index is 1.66. The molecule has 1 heterocycles. The van der Waals surface area contributed by atoms with E-state index < -0.39 is 5.91 Å². The molecule has 0 aliphatic heterocycles. The summed E-state index contributed by atoms with van der Waals surface area (Å²) >= 11 is 0. The van der Waals surface area contributed by atoms with Crippen LogP contribution in [0.3, 0.4) is 0 Å². The van der Waals surface area contributed by atoms with Crippen LogP contribution in [0.25, 0.3) is 0 Å². The number of anilines is 2. The topological polar surface area (TPSA) is 93.1 Å². The van der Waals surface area contributed by atoms with Gasteiger partial charge in [-0.05, 0) is 80.3 Å². The quantitative estimate of drug-likeness (QED) is 0.637. The molecular formula is C24H26N4O3. The Morgan fingerprint density at radius 1 is 0.839 bits per heavy atom. The lowest BCUT2D eigenvalue weighted by Gasteiger charge is -2.10. The third-order valence-electron chi connectivity index (χ3n) is 4.92. The second-order valence-electron chi connectivity index (χ2n) is 7.71. The van der Waals surface area contributed by atoms with E-state index in [0.717, 1.165) is 26.9 Å². The van der Waals surface area contributed by atoms with Crippen LogP contribution in [0, 0.1) is 27.7 Å². The summed E-state index contributed by atoms with van der Waals surface area (Å²) in [4.78, 5) is 37.0. The van der Waals surface area contributed by atoms with Gasteiger partial charge in [-0.15, -0.1) is 0 Å². The highest BCUT2D eigenvalue weighted by atomic mass is 16.2. The van der Waals surface area contributed by atoms with E-state index in [-0.39, 0.29) is 30.1 Å². The van der Waals surface area contributed by atoms with E-state index in [1.54, 1.807) is 0 Å². The second-order valence-corrected chi connectivity index (χ2v) is 7.71. The maximum atomic E-state index is 12.5. The van der Waals surface area contributed by atoms with Crippen molar-refractivity contribution >= 4 is 23.2 Å². The van der Waals surface area contributed by atoms with Crippen molar-refractivity contribution in [3.05, 3.63) is 86.8 Å². The fraction of sp³-hybridized carbons (Fsp3) is 0.250. The molecule has 2 aromatic carbocycles. The van der Waals surface area contributed by atoms with Crippen molar-refractivity contribution in [2.24, 2.45) is 0 Å². The summed E-state index contributed by atoms with van der Waals surface area (Å²) in [5.74, 6) is -0.652. The molecule has 0 saturated carbocycles. The highest BCUT2D eigenvalue weighted by molar-refractivity contribution is 6.02. The van der Waals surface area contributed by atoms with Crippen LogP contribution in [-0.2, 0) is 11.3 Å². The number of hydrogen-bond donors (Lipinski definition) is 2. The summed E-state index contributed by atoms with van der Waals surface area (Å²) in [5.41, 5.74) is 5.39. The standard InChI is InChI=1S/C24H26N4O3/c1-15-11-16(2)13-20(12-15)25-22(29)9-10-28-23(30)8-7-21(27-28)24(31)26-19-6-5-17(3)18(4)14-19/h5-8,11-14H,9-10H2,1-4H3,(H,25,29)(H,26,31). The van der Waals surface area contributed by atoms with Crippen molar-refractivity contribution in [2.75, 3.05) is 10.6 Å². The van der Waals surface area contributed by atoms with E-state index in [2.05, 4.69) is 15.7 Å². The van der Waals surface area contributed by atoms with E-state index in [4.69, 9.17) is 0 Å². The van der Waals surface area contributed by atoms with Crippen molar-refractivity contribution in [1.29, 1.82) is 0 Å². The van der Waals surface area contributed by atoms with Gasteiger partial charge in [0, 0.05) is 23.9 Å². The van der Waals surface area contributed by atoms with Gasteiger partial charge in [0.2, 0.25) is 5.91 Å². The van der Waals surface area contributed by atoms with Crippen molar-refractivity contribution in [1.82, 2.24) is 9.78 Å². The molecule has 31 heavy (non-hydrogen) atoms. The molecule has 1 aromatic heterocycles. The number of rotatable bonds is 6. The number of hydrogen-bond acceptors (Lipinski definition) is 4. The smallest absolute Gasteiger partial charge is 0.276 e. The number of nitrogens with zero attached hydrogens (tertiary/aromatic N) is 2. The van der Waals surface area contributed by atoms with Crippen molar-refractivity contribution in [3.63, 3.8) is 0 Å². The average Bonchev–Trinajstić information content (AvgIpc) is 2.69. The lowest BCUT2D eigenvalue weighted by molar-refractivity contribution is -0.116. The van der Waals surface area contributed by atoms with Crippen LogP contribution < -0.4 is 16.2 Å². The fourth-order valence-corrected chi connectivity index (χ4v) is 3.22. The zero-order chi connectivity index (χ0) is 22.5. The van der Waals surface area contributed by atoms with E-state index in [9.17, 15) is 14.4 Å². The molecule has 0 aliphatic rings. The van der Waals surface area contributed by atoms with Gasteiger partial charge in [0.1, 0.15) is 5.69 Å². The predicted molar refractivity (Wildman–Crippen MR) is 122 cm³/mol. The molecular weight excluding hydrogens is 392 g/mol. The summed E-state index contributed by atoms with van der Waals surface area (Å²) < 4.78 is 1.14. The molecule has 0 radical (unpaired) electrons. The maximum absolute atomic E-state index is 12.5. The monoisotopic (exact) mass is 418 g/mol.